The van der Waals surface area contributed by atoms with Crippen molar-refractivity contribution in [2.45, 2.75) is 6.54 Å². The first-order valence-electron chi connectivity index (χ1n) is 6.51. The smallest absolute Gasteiger partial charge is 0.488 e. The number of benzene rings is 2. The van der Waals surface area contributed by atoms with Crippen molar-refractivity contribution in [1.29, 1.82) is 0 Å². The SMILES string of the molecule is COc1ccc(B(O)O)c(CN(C)c2cccc(F)c2)c1. The first-order valence-corrected chi connectivity index (χ1v) is 6.51. The maximum Gasteiger partial charge on any atom is 0.488 e. The minimum Gasteiger partial charge on any atom is -0.497 e. The van der Waals surface area contributed by atoms with Gasteiger partial charge < -0.3 is 19.7 Å². The molecule has 0 saturated carbocycles. The van der Waals surface area contributed by atoms with E-state index < -0.39 is 7.12 Å². The van der Waals surface area contributed by atoms with Crippen LogP contribution in [0.15, 0.2) is 42.5 Å². The van der Waals surface area contributed by atoms with Gasteiger partial charge in [0.2, 0.25) is 0 Å². The van der Waals surface area contributed by atoms with Crippen LogP contribution in [0.5, 0.6) is 5.75 Å². The van der Waals surface area contributed by atoms with Gasteiger partial charge in [0.1, 0.15) is 11.6 Å². The Labute approximate surface area is 123 Å². The minimum atomic E-state index is -1.56. The second-order valence-electron chi connectivity index (χ2n) is 4.77. The van der Waals surface area contributed by atoms with Gasteiger partial charge in [-0.1, -0.05) is 12.1 Å². The van der Waals surface area contributed by atoms with E-state index in [1.54, 1.807) is 37.4 Å². The van der Waals surface area contributed by atoms with Gasteiger partial charge >= 0.3 is 7.12 Å². The van der Waals surface area contributed by atoms with Crippen LogP contribution in [0.3, 0.4) is 0 Å². The molecule has 0 aliphatic heterocycles. The summed E-state index contributed by atoms with van der Waals surface area (Å²) in [5.74, 6) is 0.314. The fraction of sp³-hybridized carbons (Fsp3) is 0.200. The molecule has 21 heavy (non-hydrogen) atoms. The molecule has 0 amide bonds. The Kier molecular flexibility index (Phi) is 4.83. The van der Waals surface area contributed by atoms with Crippen LogP contribution in [0, 0.1) is 5.82 Å². The molecule has 0 unspecified atom stereocenters. The molecule has 110 valence electrons. The minimum absolute atomic E-state index is 0.313. The number of hydrogen-bond donors (Lipinski definition) is 2. The highest BCUT2D eigenvalue weighted by molar-refractivity contribution is 6.59. The molecular weight excluding hydrogens is 272 g/mol. The van der Waals surface area contributed by atoms with E-state index in [2.05, 4.69) is 0 Å². The Hall–Kier alpha value is -2.05. The summed E-state index contributed by atoms with van der Waals surface area (Å²) in [5.41, 5.74) is 1.81. The number of hydrogen-bond acceptors (Lipinski definition) is 4. The second kappa shape index (κ2) is 6.60. The van der Waals surface area contributed by atoms with Crippen molar-refractivity contribution >= 4 is 18.3 Å². The van der Waals surface area contributed by atoms with Gasteiger partial charge in [0.15, 0.2) is 0 Å². The third-order valence-electron chi connectivity index (χ3n) is 3.28. The highest BCUT2D eigenvalue weighted by Crippen LogP contribution is 2.18. The normalized spacial score (nSPS) is 10.3. The van der Waals surface area contributed by atoms with Crippen LogP contribution < -0.4 is 15.1 Å². The zero-order valence-electron chi connectivity index (χ0n) is 12.0. The van der Waals surface area contributed by atoms with Crippen molar-refractivity contribution in [1.82, 2.24) is 0 Å². The number of methoxy groups -OCH3 is 1. The van der Waals surface area contributed by atoms with E-state index in [0.717, 1.165) is 0 Å². The van der Waals surface area contributed by atoms with E-state index in [4.69, 9.17) is 4.74 Å². The highest BCUT2D eigenvalue weighted by atomic mass is 19.1. The zero-order chi connectivity index (χ0) is 15.4. The van der Waals surface area contributed by atoms with E-state index in [9.17, 15) is 14.4 Å². The van der Waals surface area contributed by atoms with Gasteiger partial charge in [-0.2, -0.15) is 0 Å². The van der Waals surface area contributed by atoms with Crippen LogP contribution in [-0.4, -0.2) is 31.3 Å². The molecule has 0 spiro atoms. The first kappa shape index (κ1) is 15.3. The van der Waals surface area contributed by atoms with Crippen LogP contribution in [-0.2, 0) is 6.54 Å². The Balaban J connectivity index is 2.29. The summed E-state index contributed by atoms with van der Waals surface area (Å²) in [6.45, 7) is 0.396. The first-order chi connectivity index (χ1) is 10.0. The van der Waals surface area contributed by atoms with Crippen molar-refractivity contribution in [2.24, 2.45) is 0 Å². The number of ether oxygens (including phenoxy) is 1. The topological polar surface area (TPSA) is 52.9 Å². The van der Waals surface area contributed by atoms with Crippen molar-refractivity contribution < 1.29 is 19.2 Å². The van der Waals surface area contributed by atoms with E-state index in [-0.39, 0.29) is 5.82 Å². The predicted octanol–water partition coefficient (Wildman–Crippen LogP) is 1.15. The van der Waals surface area contributed by atoms with E-state index in [1.165, 1.54) is 12.1 Å². The van der Waals surface area contributed by atoms with E-state index in [0.29, 0.717) is 29.0 Å². The predicted molar refractivity (Wildman–Crippen MR) is 81.3 cm³/mol. The Morgan fingerprint density at radius 3 is 2.57 bits per heavy atom. The molecule has 2 aromatic carbocycles. The lowest BCUT2D eigenvalue weighted by Gasteiger charge is -2.21. The Bertz CT molecular complexity index is 622. The van der Waals surface area contributed by atoms with Crippen molar-refractivity contribution in [3.63, 3.8) is 0 Å². The van der Waals surface area contributed by atoms with Gasteiger partial charge in [0.05, 0.1) is 7.11 Å². The lowest BCUT2D eigenvalue weighted by molar-refractivity contribution is 0.413. The van der Waals surface area contributed by atoms with Crippen LogP contribution in [0.1, 0.15) is 5.56 Å². The van der Waals surface area contributed by atoms with Gasteiger partial charge in [0, 0.05) is 19.3 Å². The zero-order valence-corrected chi connectivity index (χ0v) is 12.0. The summed E-state index contributed by atoms with van der Waals surface area (Å²) >= 11 is 0. The molecule has 2 N–H and O–H groups in total. The largest absolute Gasteiger partial charge is 0.497 e. The van der Waals surface area contributed by atoms with Crippen LogP contribution in [0.25, 0.3) is 0 Å². The average Bonchev–Trinajstić information content (AvgIpc) is 2.46. The van der Waals surface area contributed by atoms with Crippen molar-refractivity contribution in [3.8, 4) is 5.75 Å². The fourth-order valence-electron chi connectivity index (χ4n) is 2.16. The van der Waals surface area contributed by atoms with Gasteiger partial charge in [-0.05, 0) is 41.4 Å². The maximum atomic E-state index is 13.3. The second-order valence-corrected chi connectivity index (χ2v) is 4.77. The van der Waals surface area contributed by atoms with Gasteiger partial charge in [-0.25, -0.2) is 4.39 Å². The third kappa shape index (κ3) is 3.74. The Morgan fingerprint density at radius 1 is 1.19 bits per heavy atom. The van der Waals surface area contributed by atoms with Crippen LogP contribution >= 0.6 is 0 Å². The molecule has 0 atom stereocenters. The molecule has 2 aromatic rings. The van der Waals surface area contributed by atoms with Gasteiger partial charge in [-0.3, -0.25) is 0 Å². The molecule has 6 heteroatoms. The van der Waals surface area contributed by atoms with Gasteiger partial charge in [-0.15, -0.1) is 0 Å². The molecule has 0 heterocycles. The summed E-state index contributed by atoms with van der Waals surface area (Å²) < 4.78 is 18.4. The molecule has 0 aliphatic rings. The number of halogens is 1. The fourth-order valence-corrected chi connectivity index (χ4v) is 2.16. The van der Waals surface area contributed by atoms with Crippen molar-refractivity contribution in [3.05, 3.63) is 53.8 Å². The summed E-state index contributed by atoms with van der Waals surface area (Å²) in [4.78, 5) is 1.82. The molecule has 0 radical (unpaired) electrons. The van der Waals surface area contributed by atoms with E-state index in [1.807, 2.05) is 11.9 Å². The lowest BCUT2D eigenvalue weighted by Crippen LogP contribution is -2.35. The summed E-state index contributed by atoms with van der Waals surface area (Å²) in [6.07, 6.45) is 0. The lowest BCUT2D eigenvalue weighted by atomic mass is 9.77. The molecular formula is C15H17BFNO3. The molecule has 2 rings (SSSR count). The quantitative estimate of drug-likeness (QED) is 0.811. The van der Waals surface area contributed by atoms with Crippen molar-refractivity contribution in [2.75, 3.05) is 19.1 Å². The van der Waals surface area contributed by atoms with Crippen LogP contribution in [0.2, 0.25) is 0 Å². The highest BCUT2D eigenvalue weighted by Gasteiger charge is 2.17. The number of nitrogens with zero attached hydrogens (tertiary/aromatic N) is 1. The maximum absolute atomic E-state index is 13.3. The number of anilines is 1. The summed E-state index contributed by atoms with van der Waals surface area (Å²) in [6, 6.07) is 11.2. The average molecular weight is 289 g/mol. The summed E-state index contributed by atoms with van der Waals surface area (Å²) in [7, 11) is 1.79. The molecule has 0 aliphatic carbocycles. The third-order valence-corrected chi connectivity index (χ3v) is 3.28. The Morgan fingerprint density at radius 2 is 1.95 bits per heavy atom. The number of rotatable bonds is 5. The van der Waals surface area contributed by atoms with E-state index >= 15 is 0 Å². The van der Waals surface area contributed by atoms with Gasteiger partial charge in [0.25, 0.3) is 0 Å². The van der Waals surface area contributed by atoms with Crippen LogP contribution in [0.4, 0.5) is 10.1 Å². The standard InChI is InChI=1S/C15H17BFNO3/c1-18(13-5-3-4-12(17)9-13)10-11-8-14(21-2)6-7-15(11)16(19)20/h3-9,19-20H,10H2,1-2H3. The molecule has 4 nitrogen and oxygen atoms in total. The summed E-state index contributed by atoms with van der Waals surface area (Å²) in [5, 5.41) is 18.9. The monoisotopic (exact) mass is 289 g/mol. The molecule has 0 saturated heterocycles. The molecule has 0 aromatic heterocycles. The molecule has 0 bridgehead atoms. The molecule has 0 fully saturated rings.